The molecule has 3 aromatic rings. The lowest BCUT2D eigenvalue weighted by Gasteiger charge is -2.37. The number of halogens is 2. The molecule has 0 fully saturated rings. The van der Waals surface area contributed by atoms with E-state index in [-0.39, 0.29) is 35.9 Å². The van der Waals surface area contributed by atoms with Gasteiger partial charge in [-0.2, -0.15) is 0 Å². The van der Waals surface area contributed by atoms with Crippen LogP contribution < -0.4 is 4.74 Å². The van der Waals surface area contributed by atoms with Gasteiger partial charge in [0.2, 0.25) is 5.91 Å². The van der Waals surface area contributed by atoms with E-state index in [2.05, 4.69) is 0 Å². The van der Waals surface area contributed by atoms with Crippen LogP contribution >= 0.6 is 22.9 Å². The minimum atomic E-state index is -0.476. The van der Waals surface area contributed by atoms with Gasteiger partial charge in [-0.3, -0.25) is 9.59 Å². The monoisotopic (exact) mass is 528 g/mol. The van der Waals surface area contributed by atoms with Gasteiger partial charge in [-0.05, 0) is 71.8 Å². The smallest absolute Gasteiger partial charge is 0.254 e. The van der Waals surface area contributed by atoms with Crippen molar-refractivity contribution in [1.29, 1.82) is 0 Å². The van der Waals surface area contributed by atoms with Crippen LogP contribution in [0.4, 0.5) is 4.39 Å². The first kappa shape index (κ1) is 26.2. The maximum atomic E-state index is 13.8. The van der Waals surface area contributed by atoms with Crippen LogP contribution in [0.3, 0.4) is 0 Å². The molecule has 8 heteroatoms. The highest BCUT2D eigenvalue weighted by molar-refractivity contribution is 7.10. The Bertz CT molecular complexity index is 1200. The van der Waals surface area contributed by atoms with Crippen molar-refractivity contribution in [2.45, 2.75) is 32.7 Å². The number of fused-ring (bicyclic) bond motifs is 1. The fourth-order valence-electron chi connectivity index (χ4n) is 4.36. The summed E-state index contributed by atoms with van der Waals surface area (Å²) >= 11 is 7.68. The number of hydrogen-bond acceptors (Lipinski definition) is 4. The fourth-order valence-corrected chi connectivity index (χ4v) is 5.42. The molecule has 2 heterocycles. The van der Waals surface area contributed by atoms with E-state index in [1.807, 2.05) is 30.2 Å². The molecule has 4 rings (SSSR count). The van der Waals surface area contributed by atoms with E-state index in [0.29, 0.717) is 30.5 Å². The first-order valence-electron chi connectivity index (χ1n) is 12.1. The van der Waals surface area contributed by atoms with Crippen molar-refractivity contribution in [1.82, 2.24) is 9.80 Å². The van der Waals surface area contributed by atoms with Crippen LogP contribution in [-0.4, -0.2) is 47.9 Å². The van der Waals surface area contributed by atoms with Crippen LogP contribution in [-0.2, 0) is 11.2 Å². The Labute approximate surface area is 220 Å². The molecule has 190 valence electrons. The number of nitrogens with zero attached hydrogens (tertiary/aromatic N) is 2. The van der Waals surface area contributed by atoms with Crippen molar-refractivity contribution in [3.63, 3.8) is 0 Å². The summed E-state index contributed by atoms with van der Waals surface area (Å²) in [5, 5.41) is 2.66. The molecule has 0 unspecified atom stereocenters. The molecule has 0 aliphatic carbocycles. The maximum Gasteiger partial charge on any atom is 0.254 e. The van der Waals surface area contributed by atoms with Crippen LogP contribution in [0.2, 0.25) is 5.02 Å². The predicted molar refractivity (Wildman–Crippen MR) is 141 cm³/mol. The van der Waals surface area contributed by atoms with Gasteiger partial charge in [-0.15, -0.1) is 11.3 Å². The molecule has 1 aromatic heterocycles. The van der Waals surface area contributed by atoms with E-state index < -0.39 is 5.82 Å². The molecule has 0 radical (unpaired) electrons. The minimum absolute atomic E-state index is 0.0728. The predicted octanol–water partition coefficient (Wildman–Crippen LogP) is 6.23. The summed E-state index contributed by atoms with van der Waals surface area (Å²) in [4.78, 5) is 31.6. The zero-order chi connectivity index (χ0) is 25.7. The second-order valence-corrected chi connectivity index (χ2v) is 10.6. The number of rotatable bonds is 9. The number of thiophene rings is 1. The van der Waals surface area contributed by atoms with Gasteiger partial charge in [0, 0.05) is 28.6 Å². The van der Waals surface area contributed by atoms with Crippen LogP contribution in [0.1, 0.15) is 47.1 Å². The number of amides is 2. The van der Waals surface area contributed by atoms with Gasteiger partial charge in [0.05, 0.1) is 6.04 Å². The number of benzene rings is 2. The summed E-state index contributed by atoms with van der Waals surface area (Å²) in [6, 6.07) is 14.5. The maximum absolute atomic E-state index is 13.8. The Morgan fingerprint density at radius 2 is 2.00 bits per heavy atom. The Morgan fingerprint density at radius 3 is 2.72 bits per heavy atom. The molecule has 36 heavy (non-hydrogen) atoms. The van der Waals surface area contributed by atoms with Crippen molar-refractivity contribution in [3.8, 4) is 5.75 Å². The van der Waals surface area contributed by atoms with Crippen molar-refractivity contribution in [3.05, 3.63) is 86.8 Å². The van der Waals surface area contributed by atoms with Gasteiger partial charge < -0.3 is 14.5 Å². The van der Waals surface area contributed by atoms with E-state index in [1.54, 1.807) is 46.6 Å². The topological polar surface area (TPSA) is 49.9 Å². The average molecular weight is 529 g/mol. The Kier molecular flexibility index (Phi) is 8.64. The van der Waals surface area contributed by atoms with Gasteiger partial charge in [-0.25, -0.2) is 4.39 Å². The molecule has 0 N–H and O–H groups in total. The molecule has 0 saturated carbocycles. The Hall–Kier alpha value is -2.90. The van der Waals surface area contributed by atoms with Gasteiger partial charge in [0.1, 0.15) is 24.7 Å². The second kappa shape index (κ2) is 11.9. The summed E-state index contributed by atoms with van der Waals surface area (Å²) in [6.07, 6.45) is 1.63. The first-order valence-corrected chi connectivity index (χ1v) is 13.4. The third-order valence-corrected chi connectivity index (χ3v) is 7.80. The number of hydrogen-bond donors (Lipinski definition) is 0. The van der Waals surface area contributed by atoms with Crippen LogP contribution in [0.15, 0.2) is 60.0 Å². The highest BCUT2D eigenvalue weighted by atomic mass is 35.5. The normalized spacial score (nSPS) is 15.8. The van der Waals surface area contributed by atoms with Gasteiger partial charge in [0.25, 0.3) is 5.91 Å². The van der Waals surface area contributed by atoms with E-state index in [4.69, 9.17) is 16.3 Å². The highest BCUT2D eigenvalue weighted by Gasteiger charge is 2.34. The lowest BCUT2D eigenvalue weighted by molar-refractivity contribution is -0.135. The SMILES string of the molecule is CC[C@H](C)CN(CC(=O)N1CCc2sccc2[C@H]1COc1ccc(Cl)cc1)C(=O)c1cccc(F)c1. The molecular weight excluding hydrogens is 499 g/mol. The largest absolute Gasteiger partial charge is 0.491 e. The molecular formula is C28H30ClFN2O3S. The first-order chi connectivity index (χ1) is 17.4. The number of carbonyl (C=O) groups is 2. The average Bonchev–Trinajstić information content (AvgIpc) is 3.36. The molecule has 2 atom stereocenters. The number of ether oxygens (including phenoxy) is 1. The van der Waals surface area contributed by atoms with Gasteiger partial charge in [-0.1, -0.05) is 37.9 Å². The minimum Gasteiger partial charge on any atom is -0.491 e. The van der Waals surface area contributed by atoms with E-state index in [9.17, 15) is 14.0 Å². The van der Waals surface area contributed by atoms with Crippen LogP contribution in [0.5, 0.6) is 5.75 Å². The zero-order valence-corrected chi connectivity index (χ0v) is 22.0. The van der Waals surface area contributed by atoms with Crippen molar-refractivity contribution >= 4 is 34.8 Å². The lowest BCUT2D eigenvalue weighted by atomic mass is 10.00. The van der Waals surface area contributed by atoms with Crippen molar-refractivity contribution in [2.75, 3.05) is 26.2 Å². The molecule has 5 nitrogen and oxygen atoms in total. The lowest BCUT2D eigenvalue weighted by Crippen LogP contribution is -2.48. The Balaban J connectivity index is 1.54. The standard InChI is InChI=1S/C28H30ClFN2O3S/c1-3-19(2)16-31(28(34)20-5-4-6-22(30)15-20)17-27(33)32-13-11-26-24(12-14-36-26)25(32)18-35-23-9-7-21(29)8-10-23/h4-10,12,14-15,19,25H,3,11,13,16-18H2,1-2H3/t19-,25+/m0/s1. The second-order valence-electron chi connectivity index (χ2n) is 9.13. The summed E-state index contributed by atoms with van der Waals surface area (Å²) in [6.45, 7) is 5.27. The van der Waals surface area contributed by atoms with Gasteiger partial charge in [0.15, 0.2) is 0 Å². The van der Waals surface area contributed by atoms with Crippen molar-refractivity contribution in [2.24, 2.45) is 5.92 Å². The van der Waals surface area contributed by atoms with Crippen LogP contribution in [0.25, 0.3) is 0 Å². The summed E-state index contributed by atoms with van der Waals surface area (Å²) < 4.78 is 19.9. The van der Waals surface area contributed by atoms with Crippen molar-refractivity contribution < 1.29 is 18.7 Å². The molecule has 1 aliphatic heterocycles. The molecule has 0 saturated heterocycles. The van der Waals surface area contributed by atoms with Gasteiger partial charge >= 0.3 is 0 Å². The van der Waals surface area contributed by atoms with E-state index in [0.717, 1.165) is 18.4 Å². The molecule has 2 aromatic carbocycles. The van der Waals surface area contributed by atoms with E-state index in [1.165, 1.54) is 23.1 Å². The number of carbonyl (C=O) groups excluding carboxylic acids is 2. The quantitative estimate of drug-likeness (QED) is 0.330. The molecule has 0 bridgehead atoms. The fraction of sp³-hybridized carbons (Fsp3) is 0.357. The third kappa shape index (κ3) is 6.26. The summed E-state index contributed by atoms with van der Waals surface area (Å²) in [5.41, 5.74) is 1.32. The summed E-state index contributed by atoms with van der Waals surface area (Å²) in [5.74, 6) is -0.0935. The molecule has 0 spiro atoms. The highest BCUT2D eigenvalue weighted by Crippen LogP contribution is 2.34. The Morgan fingerprint density at radius 1 is 1.22 bits per heavy atom. The zero-order valence-electron chi connectivity index (χ0n) is 20.5. The van der Waals surface area contributed by atoms with E-state index >= 15 is 0 Å². The third-order valence-electron chi connectivity index (χ3n) is 6.55. The summed E-state index contributed by atoms with van der Waals surface area (Å²) in [7, 11) is 0. The molecule has 1 aliphatic rings. The van der Waals surface area contributed by atoms with Crippen LogP contribution in [0, 0.1) is 11.7 Å². The molecule has 2 amide bonds.